The van der Waals surface area contributed by atoms with E-state index in [2.05, 4.69) is 15.9 Å². The Balaban J connectivity index is 1.80. The summed E-state index contributed by atoms with van der Waals surface area (Å²) in [6, 6.07) is 22.1. The molecular formula is C31H28BrN3O4S. The number of hydrogen-bond donors (Lipinski definition) is 0. The van der Waals surface area contributed by atoms with Crippen LogP contribution in [0.1, 0.15) is 29.7 Å². The second-order valence-electron chi connectivity index (χ2n) is 9.31. The zero-order valence-electron chi connectivity index (χ0n) is 22.6. The molecule has 0 fully saturated rings. The van der Waals surface area contributed by atoms with Gasteiger partial charge in [0.2, 0.25) is 0 Å². The van der Waals surface area contributed by atoms with Crippen LogP contribution in [-0.4, -0.2) is 38.3 Å². The van der Waals surface area contributed by atoms with Crippen LogP contribution in [0.3, 0.4) is 0 Å². The molecule has 0 aliphatic carbocycles. The molecule has 0 N–H and O–H groups in total. The first kappa shape index (κ1) is 27.6. The number of anilines is 1. The first-order valence-corrected chi connectivity index (χ1v) is 14.3. The van der Waals surface area contributed by atoms with E-state index in [1.165, 1.54) is 11.3 Å². The maximum atomic E-state index is 14.0. The van der Waals surface area contributed by atoms with E-state index in [-0.39, 0.29) is 12.2 Å². The molecule has 3 aromatic carbocycles. The van der Waals surface area contributed by atoms with E-state index in [9.17, 15) is 9.59 Å². The molecule has 4 aromatic rings. The monoisotopic (exact) mass is 617 g/mol. The number of thiazole rings is 1. The molecule has 1 aliphatic heterocycles. The van der Waals surface area contributed by atoms with Gasteiger partial charge in [0, 0.05) is 24.1 Å². The number of carbonyl (C=O) groups is 1. The van der Waals surface area contributed by atoms with Crippen molar-refractivity contribution in [1.29, 1.82) is 0 Å². The second-order valence-corrected chi connectivity index (χ2v) is 11.2. The maximum Gasteiger partial charge on any atom is 0.338 e. The number of methoxy groups -OCH3 is 1. The molecule has 0 spiro atoms. The Kier molecular flexibility index (Phi) is 8.04. The van der Waals surface area contributed by atoms with Crippen LogP contribution in [0.25, 0.3) is 11.8 Å². The fourth-order valence-corrected chi connectivity index (χ4v) is 6.45. The first-order chi connectivity index (χ1) is 19.3. The van der Waals surface area contributed by atoms with Crippen LogP contribution in [-0.2, 0) is 9.53 Å². The normalized spacial score (nSPS) is 14.9. The van der Waals surface area contributed by atoms with Crippen LogP contribution in [0.2, 0.25) is 0 Å². The third-order valence-electron chi connectivity index (χ3n) is 6.53. The van der Waals surface area contributed by atoms with E-state index in [4.69, 9.17) is 14.5 Å². The van der Waals surface area contributed by atoms with Crippen LogP contribution in [0.5, 0.6) is 5.75 Å². The van der Waals surface area contributed by atoms with Crippen molar-refractivity contribution in [2.75, 3.05) is 32.7 Å². The summed E-state index contributed by atoms with van der Waals surface area (Å²) in [7, 11) is 5.53. The van der Waals surface area contributed by atoms with Crippen molar-refractivity contribution < 1.29 is 14.3 Å². The van der Waals surface area contributed by atoms with E-state index in [1.807, 2.05) is 97.9 Å². The molecule has 0 saturated carbocycles. The SMILES string of the molecule is CCOC(=O)C1=C(c2ccccc2)N=c2s/c(=C\c3ccc(N(C)C)c(Br)c3)c(=O)n2[C@@H]1c1cccc(OC)c1. The number of aromatic nitrogens is 1. The summed E-state index contributed by atoms with van der Waals surface area (Å²) in [6.45, 7) is 1.95. The van der Waals surface area contributed by atoms with Crippen LogP contribution in [0, 0.1) is 0 Å². The lowest BCUT2D eigenvalue weighted by molar-refractivity contribution is -0.138. The number of esters is 1. The largest absolute Gasteiger partial charge is 0.497 e. The number of benzene rings is 3. The smallest absolute Gasteiger partial charge is 0.338 e. The Labute approximate surface area is 244 Å². The van der Waals surface area contributed by atoms with Gasteiger partial charge >= 0.3 is 5.97 Å². The van der Waals surface area contributed by atoms with Gasteiger partial charge < -0.3 is 14.4 Å². The maximum absolute atomic E-state index is 14.0. The average Bonchev–Trinajstić information content (AvgIpc) is 3.26. The molecular weight excluding hydrogens is 590 g/mol. The van der Waals surface area contributed by atoms with E-state index in [0.29, 0.717) is 26.4 Å². The minimum Gasteiger partial charge on any atom is -0.497 e. The van der Waals surface area contributed by atoms with Gasteiger partial charge in [-0.2, -0.15) is 0 Å². The fraction of sp³-hybridized carbons (Fsp3) is 0.194. The molecule has 0 unspecified atom stereocenters. The van der Waals surface area contributed by atoms with Gasteiger partial charge in [0.1, 0.15) is 5.75 Å². The lowest BCUT2D eigenvalue weighted by Crippen LogP contribution is -2.40. The van der Waals surface area contributed by atoms with Crippen molar-refractivity contribution in [3.63, 3.8) is 0 Å². The summed E-state index contributed by atoms with van der Waals surface area (Å²) >= 11 is 4.92. The molecule has 0 radical (unpaired) electrons. The third-order valence-corrected chi connectivity index (χ3v) is 8.15. The van der Waals surface area contributed by atoms with Gasteiger partial charge in [-0.05, 0) is 64.3 Å². The summed E-state index contributed by atoms with van der Waals surface area (Å²) in [4.78, 5) is 35.0. The predicted octanol–water partition coefficient (Wildman–Crippen LogP) is 4.77. The zero-order valence-corrected chi connectivity index (χ0v) is 25.0. The molecule has 7 nitrogen and oxygen atoms in total. The van der Waals surface area contributed by atoms with Crippen molar-refractivity contribution >= 4 is 50.7 Å². The summed E-state index contributed by atoms with van der Waals surface area (Å²) in [5.41, 5.74) is 3.93. The van der Waals surface area contributed by atoms with Crippen molar-refractivity contribution in [3.8, 4) is 5.75 Å². The summed E-state index contributed by atoms with van der Waals surface area (Å²) in [5.74, 6) is 0.0994. The lowest BCUT2D eigenvalue weighted by Gasteiger charge is -2.26. The fourth-order valence-electron chi connectivity index (χ4n) is 4.69. The number of ether oxygens (including phenoxy) is 2. The average molecular weight is 619 g/mol. The van der Waals surface area contributed by atoms with Crippen LogP contribution in [0.4, 0.5) is 5.69 Å². The number of nitrogens with zero attached hydrogens (tertiary/aromatic N) is 3. The molecule has 9 heteroatoms. The van der Waals surface area contributed by atoms with Gasteiger partial charge in [-0.3, -0.25) is 9.36 Å². The zero-order chi connectivity index (χ0) is 28.4. The Morgan fingerprint density at radius 1 is 1.10 bits per heavy atom. The van der Waals surface area contributed by atoms with Crippen molar-refractivity contribution in [2.24, 2.45) is 4.99 Å². The van der Waals surface area contributed by atoms with Crippen molar-refractivity contribution in [1.82, 2.24) is 4.57 Å². The first-order valence-electron chi connectivity index (χ1n) is 12.7. The summed E-state index contributed by atoms with van der Waals surface area (Å²) < 4.78 is 14.0. The Morgan fingerprint density at radius 3 is 2.55 bits per heavy atom. The van der Waals surface area contributed by atoms with Gasteiger partial charge in [-0.25, -0.2) is 9.79 Å². The van der Waals surface area contributed by atoms with Crippen molar-refractivity contribution in [2.45, 2.75) is 13.0 Å². The third kappa shape index (κ3) is 5.26. The van der Waals surface area contributed by atoms with Crippen LogP contribution >= 0.6 is 27.3 Å². The molecule has 40 heavy (non-hydrogen) atoms. The van der Waals surface area contributed by atoms with Gasteiger partial charge in [0.25, 0.3) is 5.56 Å². The van der Waals surface area contributed by atoms with Crippen LogP contribution in [0.15, 0.2) is 92.6 Å². The molecule has 0 saturated heterocycles. The molecule has 2 heterocycles. The highest BCUT2D eigenvalue weighted by Crippen LogP contribution is 2.36. The number of hydrogen-bond acceptors (Lipinski definition) is 7. The number of halogens is 1. The number of fused-ring (bicyclic) bond motifs is 1. The highest BCUT2D eigenvalue weighted by molar-refractivity contribution is 9.10. The van der Waals surface area contributed by atoms with Gasteiger partial charge in [-0.1, -0.05) is 59.9 Å². The minimum atomic E-state index is -0.759. The molecule has 0 amide bonds. The Morgan fingerprint density at radius 2 is 1.88 bits per heavy atom. The quantitative estimate of drug-likeness (QED) is 0.279. The van der Waals surface area contributed by atoms with Gasteiger partial charge in [0.15, 0.2) is 4.80 Å². The topological polar surface area (TPSA) is 73.1 Å². The highest BCUT2D eigenvalue weighted by atomic mass is 79.9. The van der Waals surface area contributed by atoms with E-state index < -0.39 is 12.0 Å². The molecule has 1 atom stereocenters. The molecule has 1 aliphatic rings. The van der Waals surface area contributed by atoms with Crippen LogP contribution < -0.4 is 24.5 Å². The molecule has 5 rings (SSSR count). The van der Waals surface area contributed by atoms with Gasteiger partial charge in [-0.15, -0.1) is 0 Å². The highest BCUT2D eigenvalue weighted by Gasteiger charge is 2.35. The van der Waals surface area contributed by atoms with E-state index in [0.717, 1.165) is 26.9 Å². The standard InChI is InChI=1S/C31H28BrN3O4S/c1-5-39-30(37)26-27(20-10-7-6-8-11-20)33-31-35(28(26)21-12-9-13-22(18-21)38-4)29(36)25(40-31)17-19-14-15-24(34(2)3)23(32)16-19/h6-18,28H,5H2,1-4H3/b25-17-/t28-/m1/s1. The molecule has 204 valence electrons. The molecule has 0 bridgehead atoms. The molecule has 1 aromatic heterocycles. The minimum absolute atomic E-state index is 0.192. The van der Waals surface area contributed by atoms with E-state index >= 15 is 0 Å². The number of rotatable bonds is 7. The number of carbonyl (C=O) groups excluding carboxylic acids is 1. The summed E-state index contributed by atoms with van der Waals surface area (Å²) in [6.07, 6.45) is 1.85. The lowest BCUT2D eigenvalue weighted by atomic mass is 9.93. The second kappa shape index (κ2) is 11.7. The van der Waals surface area contributed by atoms with E-state index in [1.54, 1.807) is 18.6 Å². The van der Waals surface area contributed by atoms with Crippen molar-refractivity contribution in [3.05, 3.63) is 119 Å². The Bertz CT molecular complexity index is 1790. The summed E-state index contributed by atoms with van der Waals surface area (Å²) in [5, 5.41) is 0. The predicted molar refractivity (Wildman–Crippen MR) is 163 cm³/mol. The van der Waals surface area contributed by atoms with Gasteiger partial charge in [0.05, 0.1) is 41.2 Å². The Hall–Kier alpha value is -3.95.